The van der Waals surface area contributed by atoms with Gasteiger partial charge in [0.25, 0.3) is 11.6 Å². The Kier molecular flexibility index (Phi) is 5.81. The van der Waals surface area contributed by atoms with Crippen molar-refractivity contribution in [2.24, 2.45) is 0 Å². The second kappa shape index (κ2) is 8.67. The third kappa shape index (κ3) is 4.21. The monoisotopic (exact) mass is 420 g/mol. The maximum Gasteiger partial charge on any atom is 0.270 e. The van der Waals surface area contributed by atoms with Gasteiger partial charge in [-0.1, -0.05) is 54.1 Å². The highest BCUT2D eigenvalue weighted by atomic mass is 35.5. The zero-order chi connectivity index (χ0) is 21.1. The quantitative estimate of drug-likeness (QED) is 0.377. The van der Waals surface area contributed by atoms with Crippen LogP contribution in [0.5, 0.6) is 0 Å². The molecule has 0 saturated carbocycles. The maximum absolute atomic E-state index is 13.6. The van der Waals surface area contributed by atoms with Crippen LogP contribution in [0.15, 0.2) is 72.8 Å². The van der Waals surface area contributed by atoms with Gasteiger partial charge in [-0.25, -0.2) is 0 Å². The molecule has 0 spiro atoms. The van der Waals surface area contributed by atoms with Gasteiger partial charge in [0.2, 0.25) is 0 Å². The van der Waals surface area contributed by atoms with E-state index in [9.17, 15) is 14.9 Å². The first kappa shape index (κ1) is 20.1. The Morgan fingerprint density at radius 2 is 1.83 bits per heavy atom. The van der Waals surface area contributed by atoms with Crippen LogP contribution in [0.3, 0.4) is 0 Å². The lowest BCUT2D eigenvalue weighted by molar-refractivity contribution is -0.384. The van der Waals surface area contributed by atoms with Crippen LogP contribution in [-0.4, -0.2) is 15.7 Å². The number of nitro benzene ring substituents is 1. The van der Waals surface area contributed by atoms with E-state index in [4.69, 9.17) is 11.6 Å². The average molecular weight is 421 g/mol. The fourth-order valence-corrected chi connectivity index (χ4v) is 4.21. The lowest BCUT2D eigenvalue weighted by Gasteiger charge is -2.36. The Bertz CT molecular complexity index is 1080. The van der Waals surface area contributed by atoms with E-state index in [0.717, 1.165) is 30.4 Å². The number of nitrogens with zero attached hydrogens (tertiary/aromatic N) is 2. The number of carbonyl (C=O) groups excluding carboxylic acids is 1. The van der Waals surface area contributed by atoms with Gasteiger partial charge in [-0.3, -0.25) is 14.9 Å². The average Bonchev–Trinajstić information content (AvgIpc) is 2.78. The first-order valence-electron chi connectivity index (χ1n) is 9.90. The predicted molar refractivity (Wildman–Crippen MR) is 117 cm³/mol. The standard InChI is InChI=1S/C24H21ClN2O3/c25-20-13-11-17(12-14-20)16-26(23-10-4-6-18-5-1-2-9-22(18)23)24(28)19-7-3-8-21(15-19)27(29)30/h1-3,5,7-9,11-15,23H,4,6,10,16H2. The van der Waals surface area contributed by atoms with E-state index in [-0.39, 0.29) is 17.6 Å². The lowest BCUT2D eigenvalue weighted by atomic mass is 9.86. The number of hydrogen-bond acceptors (Lipinski definition) is 3. The summed E-state index contributed by atoms with van der Waals surface area (Å²) < 4.78 is 0. The topological polar surface area (TPSA) is 63.4 Å². The predicted octanol–water partition coefficient (Wildman–Crippen LogP) is 5.97. The first-order chi connectivity index (χ1) is 14.5. The van der Waals surface area contributed by atoms with Crippen LogP contribution in [0, 0.1) is 10.1 Å². The number of rotatable bonds is 5. The van der Waals surface area contributed by atoms with Crippen molar-refractivity contribution in [1.82, 2.24) is 4.90 Å². The van der Waals surface area contributed by atoms with Gasteiger partial charge in [-0.2, -0.15) is 0 Å². The van der Waals surface area contributed by atoms with Crippen LogP contribution in [0.4, 0.5) is 5.69 Å². The van der Waals surface area contributed by atoms with Crippen molar-refractivity contribution in [3.8, 4) is 0 Å². The van der Waals surface area contributed by atoms with Gasteiger partial charge in [0.05, 0.1) is 11.0 Å². The normalized spacial score (nSPS) is 15.3. The van der Waals surface area contributed by atoms with Gasteiger partial charge < -0.3 is 4.90 Å². The fraction of sp³-hybridized carbons (Fsp3) is 0.208. The summed E-state index contributed by atoms with van der Waals surface area (Å²) in [6.07, 6.45) is 2.83. The molecule has 0 saturated heterocycles. The van der Waals surface area contributed by atoms with E-state index in [1.807, 2.05) is 41.3 Å². The van der Waals surface area contributed by atoms with Gasteiger partial charge in [0, 0.05) is 29.3 Å². The molecule has 30 heavy (non-hydrogen) atoms. The minimum atomic E-state index is -0.476. The third-order valence-electron chi connectivity index (χ3n) is 5.54. The van der Waals surface area contributed by atoms with Crippen LogP contribution in [0.1, 0.15) is 45.9 Å². The summed E-state index contributed by atoms with van der Waals surface area (Å²) >= 11 is 6.02. The van der Waals surface area contributed by atoms with E-state index in [1.54, 1.807) is 12.1 Å². The first-order valence-corrected chi connectivity index (χ1v) is 10.3. The molecule has 1 atom stereocenters. The fourth-order valence-electron chi connectivity index (χ4n) is 4.08. The molecule has 5 nitrogen and oxygen atoms in total. The zero-order valence-corrected chi connectivity index (χ0v) is 17.1. The number of carbonyl (C=O) groups is 1. The molecule has 3 aromatic carbocycles. The van der Waals surface area contributed by atoms with Gasteiger partial charge in [0.1, 0.15) is 0 Å². The highest BCUT2D eigenvalue weighted by Crippen LogP contribution is 2.36. The smallest absolute Gasteiger partial charge is 0.270 e. The Morgan fingerprint density at radius 3 is 2.60 bits per heavy atom. The number of nitro groups is 1. The molecule has 0 heterocycles. The number of halogens is 1. The number of benzene rings is 3. The van der Waals surface area contributed by atoms with Gasteiger partial charge in [-0.05, 0) is 54.2 Å². The zero-order valence-electron chi connectivity index (χ0n) is 16.3. The summed E-state index contributed by atoms with van der Waals surface area (Å²) in [6.45, 7) is 0.400. The molecule has 0 aromatic heterocycles. The van der Waals surface area contributed by atoms with E-state index >= 15 is 0 Å². The van der Waals surface area contributed by atoms with Crippen LogP contribution >= 0.6 is 11.6 Å². The molecule has 0 aliphatic heterocycles. The molecule has 0 fully saturated rings. The van der Waals surface area contributed by atoms with Crippen molar-refractivity contribution >= 4 is 23.2 Å². The Morgan fingerprint density at radius 1 is 1.07 bits per heavy atom. The lowest BCUT2D eigenvalue weighted by Crippen LogP contribution is -2.36. The summed E-state index contributed by atoms with van der Waals surface area (Å²) in [5.74, 6) is -0.213. The minimum absolute atomic E-state index is 0.0857. The molecule has 1 aliphatic rings. The molecule has 3 aromatic rings. The molecule has 0 bridgehead atoms. The highest BCUT2D eigenvalue weighted by Gasteiger charge is 2.30. The van der Waals surface area contributed by atoms with Crippen LogP contribution in [-0.2, 0) is 13.0 Å². The van der Waals surface area contributed by atoms with Crippen molar-refractivity contribution in [3.63, 3.8) is 0 Å². The van der Waals surface area contributed by atoms with E-state index in [1.165, 1.54) is 17.7 Å². The number of non-ortho nitro benzene ring substituents is 1. The highest BCUT2D eigenvalue weighted by molar-refractivity contribution is 6.30. The number of amides is 1. The minimum Gasteiger partial charge on any atom is -0.327 e. The molecule has 0 N–H and O–H groups in total. The molecule has 1 unspecified atom stereocenters. The molecular weight excluding hydrogens is 400 g/mol. The van der Waals surface area contributed by atoms with Gasteiger partial charge >= 0.3 is 0 Å². The van der Waals surface area contributed by atoms with Crippen LogP contribution in [0.2, 0.25) is 5.02 Å². The molecular formula is C24H21ClN2O3. The second-order valence-electron chi connectivity index (χ2n) is 7.47. The number of hydrogen-bond donors (Lipinski definition) is 0. The van der Waals surface area contributed by atoms with Gasteiger partial charge in [0.15, 0.2) is 0 Å². The summed E-state index contributed by atoms with van der Waals surface area (Å²) in [5, 5.41) is 11.8. The largest absolute Gasteiger partial charge is 0.327 e. The van der Waals surface area contributed by atoms with Crippen LogP contribution < -0.4 is 0 Å². The maximum atomic E-state index is 13.6. The second-order valence-corrected chi connectivity index (χ2v) is 7.91. The van der Waals surface area contributed by atoms with Gasteiger partial charge in [-0.15, -0.1) is 0 Å². The van der Waals surface area contributed by atoms with Crippen molar-refractivity contribution < 1.29 is 9.72 Å². The van der Waals surface area contributed by atoms with Crippen molar-refractivity contribution in [2.45, 2.75) is 31.8 Å². The van der Waals surface area contributed by atoms with E-state index in [0.29, 0.717) is 17.1 Å². The van der Waals surface area contributed by atoms with Crippen molar-refractivity contribution in [2.75, 3.05) is 0 Å². The Hall–Kier alpha value is -3.18. The summed E-state index contributed by atoms with van der Waals surface area (Å²) in [6, 6.07) is 21.5. The van der Waals surface area contributed by atoms with Crippen LogP contribution in [0.25, 0.3) is 0 Å². The van der Waals surface area contributed by atoms with E-state index < -0.39 is 4.92 Å². The third-order valence-corrected chi connectivity index (χ3v) is 5.80. The SMILES string of the molecule is O=C(c1cccc([N+](=O)[O-])c1)N(Cc1ccc(Cl)cc1)C1CCCc2ccccc21. The van der Waals surface area contributed by atoms with E-state index in [2.05, 4.69) is 12.1 Å². The molecule has 1 amide bonds. The summed E-state index contributed by atoms with van der Waals surface area (Å²) in [7, 11) is 0. The summed E-state index contributed by atoms with van der Waals surface area (Å²) in [4.78, 5) is 26.1. The molecule has 6 heteroatoms. The van der Waals surface area contributed by atoms with Crippen molar-refractivity contribution in [3.05, 3.63) is 110 Å². The Balaban J connectivity index is 1.74. The Labute approximate surface area is 180 Å². The molecule has 152 valence electrons. The summed E-state index contributed by atoms with van der Waals surface area (Å²) in [5.41, 5.74) is 3.59. The molecule has 0 radical (unpaired) electrons. The molecule has 4 rings (SSSR count). The molecule has 1 aliphatic carbocycles. The van der Waals surface area contributed by atoms with Crippen molar-refractivity contribution in [1.29, 1.82) is 0 Å². The number of fused-ring (bicyclic) bond motifs is 1. The number of aryl methyl sites for hydroxylation is 1.